The Kier molecular flexibility index (Phi) is 6.38. The summed E-state index contributed by atoms with van der Waals surface area (Å²) in [4.78, 5) is 4.59. The zero-order chi connectivity index (χ0) is 37.9. The maximum atomic E-state index is 6.18. The van der Waals surface area contributed by atoms with Crippen LogP contribution in [0.3, 0.4) is 0 Å². The molecule has 13 aromatic rings. The van der Waals surface area contributed by atoms with Gasteiger partial charge in [-0.25, -0.2) is 0 Å². The molecule has 58 heavy (non-hydrogen) atoms. The van der Waals surface area contributed by atoms with Gasteiger partial charge in [0.15, 0.2) is 0 Å². The molecule has 0 aliphatic carbocycles. The maximum absolute atomic E-state index is 6.18. The van der Waals surface area contributed by atoms with Crippen molar-refractivity contribution in [2.24, 2.45) is 0 Å². The molecule has 0 unspecified atom stereocenters. The molecule has 5 heterocycles. The van der Waals surface area contributed by atoms with Crippen molar-refractivity contribution in [3.63, 3.8) is 0 Å². The number of nitrogens with zero attached hydrogens (tertiary/aromatic N) is 3. The Balaban J connectivity index is 0.947. The van der Waals surface area contributed by atoms with Gasteiger partial charge in [0.05, 0.1) is 22.1 Å². The Labute approximate surface area is 331 Å². The lowest BCUT2D eigenvalue weighted by molar-refractivity contribution is 0.668. The fourth-order valence-electron chi connectivity index (χ4n) is 9.34. The number of pyridine rings is 1. The molecular formula is C53H31N3O2. The van der Waals surface area contributed by atoms with Crippen molar-refractivity contribution < 1.29 is 8.83 Å². The zero-order valence-corrected chi connectivity index (χ0v) is 31.1. The number of furan rings is 2. The normalized spacial score (nSPS) is 12.1. The molecule has 0 aliphatic rings. The van der Waals surface area contributed by atoms with E-state index >= 15 is 0 Å². The minimum absolute atomic E-state index is 0.887. The van der Waals surface area contributed by atoms with Crippen LogP contribution in [0.25, 0.3) is 121 Å². The van der Waals surface area contributed by atoms with E-state index in [1.165, 1.54) is 38.5 Å². The summed E-state index contributed by atoms with van der Waals surface area (Å²) in [6, 6.07) is 62.9. The van der Waals surface area contributed by atoms with Gasteiger partial charge in [0.1, 0.15) is 22.3 Å². The topological polar surface area (TPSA) is 49.0 Å². The van der Waals surface area contributed by atoms with Gasteiger partial charge in [-0.1, -0.05) is 84.9 Å². The lowest BCUT2D eigenvalue weighted by Crippen LogP contribution is -1.96. The van der Waals surface area contributed by atoms with Crippen LogP contribution in [-0.4, -0.2) is 14.1 Å². The van der Waals surface area contributed by atoms with Crippen LogP contribution in [0.2, 0.25) is 0 Å². The van der Waals surface area contributed by atoms with Gasteiger partial charge >= 0.3 is 0 Å². The molecule has 5 aromatic heterocycles. The van der Waals surface area contributed by atoms with Gasteiger partial charge in [0.25, 0.3) is 0 Å². The van der Waals surface area contributed by atoms with Gasteiger partial charge in [0.2, 0.25) is 0 Å². The van der Waals surface area contributed by atoms with Crippen molar-refractivity contribution in [2.75, 3.05) is 0 Å². The molecule has 0 radical (unpaired) electrons. The smallest absolute Gasteiger partial charge is 0.135 e. The highest BCUT2D eigenvalue weighted by Gasteiger charge is 2.18. The summed E-state index contributed by atoms with van der Waals surface area (Å²) in [5.41, 5.74) is 15.1. The zero-order valence-electron chi connectivity index (χ0n) is 31.1. The van der Waals surface area contributed by atoms with Crippen LogP contribution in [0.4, 0.5) is 0 Å². The Morgan fingerprint density at radius 2 is 0.793 bits per heavy atom. The highest BCUT2D eigenvalue weighted by molar-refractivity contribution is 6.13. The Morgan fingerprint density at radius 1 is 0.310 bits per heavy atom. The van der Waals surface area contributed by atoms with Gasteiger partial charge < -0.3 is 18.0 Å². The van der Waals surface area contributed by atoms with Crippen LogP contribution in [0.1, 0.15) is 0 Å². The highest BCUT2D eigenvalue weighted by Crippen LogP contribution is 2.40. The van der Waals surface area contributed by atoms with Crippen LogP contribution in [0.15, 0.2) is 197 Å². The fraction of sp³-hybridized carbons (Fsp3) is 0. The molecule has 0 aliphatic heterocycles. The summed E-state index contributed by atoms with van der Waals surface area (Å²) in [5.74, 6) is 0. The number of para-hydroxylation sites is 3. The van der Waals surface area contributed by atoms with E-state index in [1.807, 2.05) is 36.7 Å². The molecule has 0 fully saturated rings. The first-order valence-corrected chi connectivity index (χ1v) is 19.6. The van der Waals surface area contributed by atoms with E-state index < -0.39 is 0 Å². The number of hydrogen-bond donors (Lipinski definition) is 0. The molecule has 0 spiro atoms. The predicted molar refractivity (Wildman–Crippen MR) is 238 cm³/mol. The molecule has 0 amide bonds. The van der Waals surface area contributed by atoms with Crippen LogP contribution in [0, 0.1) is 0 Å². The number of hydrogen-bond acceptors (Lipinski definition) is 3. The standard InChI is InChI=1S/C53H31N3O2/c1-4-13-46-38(10-1)41-27-34(32-8-7-9-33(26-32)35-17-22-52-43(28-35)39-11-2-5-14-50(39)57-52)16-20-47(41)55(46)36-18-21-48-42(29-36)45-31-54-25-24-49(45)56(48)37-19-23-53-44(30-37)40-12-3-6-15-51(40)58-53/h1-31H. The molecule has 0 saturated heterocycles. The van der Waals surface area contributed by atoms with E-state index in [9.17, 15) is 0 Å². The van der Waals surface area contributed by atoms with E-state index in [1.54, 1.807) is 0 Å². The maximum Gasteiger partial charge on any atom is 0.135 e. The second-order valence-corrected chi connectivity index (χ2v) is 15.2. The van der Waals surface area contributed by atoms with Crippen molar-refractivity contribution in [3.05, 3.63) is 188 Å². The quantitative estimate of drug-likeness (QED) is 0.180. The summed E-state index contributed by atoms with van der Waals surface area (Å²) < 4.78 is 17.0. The minimum atomic E-state index is 0.887. The third-order valence-electron chi connectivity index (χ3n) is 12.0. The van der Waals surface area contributed by atoms with Gasteiger partial charge in [-0.2, -0.15) is 0 Å². The van der Waals surface area contributed by atoms with E-state index in [4.69, 9.17) is 8.83 Å². The second-order valence-electron chi connectivity index (χ2n) is 15.2. The first-order chi connectivity index (χ1) is 28.7. The fourth-order valence-corrected chi connectivity index (χ4v) is 9.34. The molecule has 0 N–H and O–H groups in total. The average molecular weight is 742 g/mol. The van der Waals surface area contributed by atoms with Gasteiger partial charge in [-0.15, -0.1) is 0 Å². The number of fused-ring (bicyclic) bond motifs is 12. The predicted octanol–water partition coefficient (Wildman–Crippen LogP) is 14.4. The third kappa shape index (κ3) is 4.50. The Bertz CT molecular complexity index is 3820. The summed E-state index contributed by atoms with van der Waals surface area (Å²) in [5, 5.41) is 9.20. The molecular weight excluding hydrogens is 711 g/mol. The van der Waals surface area contributed by atoms with Gasteiger partial charge in [-0.3, -0.25) is 4.98 Å². The SMILES string of the molecule is c1cc(-c2ccc3oc4ccccc4c3c2)cc(-c2ccc3c(c2)c2ccccc2n3-c2ccc3c(c2)c2cnccc2n3-c2ccc3oc4ccccc4c3c2)c1. The largest absolute Gasteiger partial charge is 0.456 e. The summed E-state index contributed by atoms with van der Waals surface area (Å²) >= 11 is 0. The van der Waals surface area contributed by atoms with Crippen LogP contribution in [-0.2, 0) is 0 Å². The first-order valence-electron chi connectivity index (χ1n) is 19.6. The van der Waals surface area contributed by atoms with E-state index in [0.717, 1.165) is 82.6 Å². The molecule has 270 valence electrons. The number of benzene rings is 8. The van der Waals surface area contributed by atoms with E-state index in [-0.39, 0.29) is 0 Å². The van der Waals surface area contributed by atoms with Crippen LogP contribution in [0.5, 0.6) is 0 Å². The molecule has 0 saturated carbocycles. The van der Waals surface area contributed by atoms with Crippen molar-refractivity contribution in [1.29, 1.82) is 0 Å². The average Bonchev–Trinajstić information content (AvgIpc) is 4.03. The van der Waals surface area contributed by atoms with E-state index in [2.05, 4.69) is 166 Å². The number of rotatable bonds is 4. The van der Waals surface area contributed by atoms with Crippen molar-refractivity contribution in [1.82, 2.24) is 14.1 Å². The number of aromatic nitrogens is 3. The monoisotopic (exact) mass is 741 g/mol. The lowest BCUT2D eigenvalue weighted by atomic mass is 9.97. The second kappa shape index (κ2) is 11.8. The summed E-state index contributed by atoms with van der Waals surface area (Å²) in [7, 11) is 0. The Hall–Kier alpha value is -7.89. The molecule has 5 heteroatoms. The van der Waals surface area contributed by atoms with E-state index in [0.29, 0.717) is 0 Å². The highest BCUT2D eigenvalue weighted by atomic mass is 16.3. The molecule has 0 bridgehead atoms. The van der Waals surface area contributed by atoms with Gasteiger partial charge in [-0.05, 0) is 113 Å². The first kappa shape index (κ1) is 31.3. The van der Waals surface area contributed by atoms with Gasteiger partial charge in [0, 0.05) is 66.9 Å². The summed E-state index contributed by atoms with van der Waals surface area (Å²) in [6.45, 7) is 0. The van der Waals surface area contributed by atoms with Crippen molar-refractivity contribution in [2.45, 2.75) is 0 Å². The summed E-state index contributed by atoms with van der Waals surface area (Å²) in [6.07, 6.45) is 3.87. The molecule has 13 rings (SSSR count). The minimum Gasteiger partial charge on any atom is -0.456 e. The van der Waals surface area contributed by atoms with Crippen molar-refractivity contribution in [3.8, 4) is 33.6 Å². The molecule has 8 aromatic carbocycles. The van der Waals surface area contributed by atoms with Crippen LogP contribution < -0.4 is 0 Å². The molecule has 0 atom stereocenters. The lowest BCUT2D eigenvalue weighted by Gasteiger charge is -2.11. The molecule has 5 nitrogen and oxygen atoms in total. The van der Waals surface area contributed by atoms with Crippen LogP contribution >= 0.6 is 0 Å². The third-order valence-corrected chi connectivity index (χ3v) is 12.0. The Morgan fingerprint density at radius 3 is 1.53 bits per heavy atom. The van der Waals surface area contributed by atoms with Crippen molar-refractivity contribution >= 4 is 87.5 Å².